The van der Waals surface area contributed by atoms with Crippen LogP contribution in [0.4, 0.5) is 5.88 Å². The molecule has 0 aliphatic carbocycles. The van der Waals surface area contributed by atoms with Crippen LogP contribution in [0, 0.1) is 0 Å². The molecule has 0 radical (unpaired) electrons. The second-order valence-corrected chi connectivity index (χ2v) is 9.90. The van der Waals surface area contributed by atoms with Crippen molar-refractivity contribution in [1.82, 2.24) is 4.57 Å². The Hall–Kier alpha value is -3.59. The number of hydrogen-bond donors (Lipinski definition) is 0. The number of aromatic nitrogens is 1. The number of allylic oxidation sites excluding steroid dienone is 1. The quantitative estimate of drug-likeness (QED) is 0.394. The van der Waals surface area contributed by atoms with Gasteiger partial charge in [0.1, 0.15) is 11.5 Å². The Bertz CT molecular complexity index is 1470. The minimum atomic E-state index is -0.678. The molecule has 3 aromatic rings. The lowest BCUT2D eigenvalue weighted by Gasteiger charge is -2.25. The molecule has 0 bridgehead atoms. The lowest BCUT2D eigenvalue weighted by molar-refractivity contribution is -0.143. The van der Waals surface area contributed by atoms with Gasteiger partial charge in [-0.1, -0.05) is 23.5 Å². The smallest absolute Gasteiger partial charge is 0.338 e. The zero-order valence-corrected chi connectivity index (χ0v) is 22.9. The minimum absolute atomic E-state index is 0.245. The van der Waals surface area contributed by atoms with E-state index in [0.29, 0.717) is 38.7 Å². The van der Waals surface area contributed by atoms with Gasteiger partial charge >= 0.3 is 5.97 Å². The number of anilines is 1. The van der Waals surface area contributed by atoms with Crippen molar-refractivity contribution in [3.05, 3.63) is 78.7 Å². The number of furan rings is 1. The SMILES string of the molecule is CCOc1ccc([C@@H]2C(C(=O)OC(C)C)=C(C)N=c3s/c(=C/c4ccc(N(CC)CC)o4)c(=O)n32)cc1. The predicted octanol–water partition coefficient (Wildman–Crippen LogP) is 4.02. The van der Waals surface area contributed by atoms with Crippen molar-refractivity contribution < 1.29 is 18.7 Å². The van der Waals surface area contributed by atoms with Crippen LogP contribution >= 0.6 is 11.3 Å². The molecule has 2 aromatic heterocycles. The molecule has 4 rings (SSSR count). The maximum atomic E-state index is 13.8. The van der Waals surface area contributed by atoms with Crippen molar-refractivity contribution >= 4 is 29.3 Å². The first-order chi connectivity index (χ1) is 17.8. The molecular formula is C28H33N3O5S. The van der Waals surface area contributed by atoms with E-state index in [9.17, 15) is 9.59 Å². The fourth-order valence-electron chi connectivity index (χ4n) is 4.34. The lowest BCUT2D eigenvalue weighted by atomic mass is 9.96. The highest BCUT2D eigenvalue weighted by atomic mass is 32.1. The molecule has 0 N–H and O–H groups in total. The van der Waals surface area contributed by atoms with E-state index in [1.165, 1.54) is 11.3 Å². The van der Waals surface area contributed by atoms with Crippen molar-refractivity contribution in [2.24, 2.45) is 4.99 Å². The number of ether oxygens (including phenoxy) is 2. The van der Waals surface area contributed by atoms with Crippen LogP contribution in [0.15, 0.2) is 61.9 Å². The van der Waals surface area contributed by atoms with E-state index in [4.69, 9.17) is 13.9 Å². The molecule has 0 spiro atoms. The van der Waals surface area contributed by atoms with E-state index in [-0.39, 0.29) is 11.7 Å². The fourth-order valence-corrected chi connectivity index (χ4v) is 5.37. The van der Waals surface area contributed by atoms with Crippen molar-refractivity contribution in [2.75, 3.05) is 24.6 Å². The molecule has 0 fully saturated rings. The monoisotopic (exact) mass is 523 g/mol. The van der Waals surface area contributed by atoms with Crippen LogP contribution in [-0.4, -0.2) is 36.3 Å². The molecule has 37 heavy (non-hydrogen) atoms. The molecule has 0 unspecified atom stereocenters. The number of rotatable bonds is 9. The third-order valence-corrected chi connectivity index (χ3v) is 7.04. The predicted molar refractivity (Wildman–Crippen MR) is 145 cm³/mol. The number of carbonyl (C=O) groups excluding carboxylic acids is 1. The summed E-state index contributed by atoms with van der Waals surface area (Å²) in [6.07, 6.45) is 1.43. The summed E-state index contributed by atoms with van der Waals surface area (Å²) < 4.78 is 19.2. The Balaban J connectivity index is 1.85. The van der Waals surface area contributed by atoms with E-state index in [0.717, 1.165) is 24.5 Å². The highest BCUT2D eigenvalue weighted by molar-refractivity contribution is 7.07. The first-order valence-electron chi connectivity index (χ1n) is 12.6. The van der Waals surface area contributed by atoms with Gasteiger partial charge in [-0.05, 0) is 65.3 Å². The zero-order chi connectivity index (χ0) is 26.7. The number of hydrogen-bond acceptors (Lipinski definition) is 8. The second-order valence-electron chi connectivity index (χ2n) is 8.89. The third-order valence-electron chi connectivity index (χ3n) is 6.05. The van der Waals surface area contributed by atoms with Crippen molar-refractivity contribution in [1.29, 1.82) is 0 Å². The van der Waals surface area contributed by atoms with E-state index < -0.39 is 12.0 Å². The summed E-state index contributed by atoms with van der Waals surface area (Å²) >= 11 is 1.27. The van der Waals surface area contributed by atoms with Gasteiger partial charge < -0.3 is 18.8 Å². The molecule has 0 amide bonds. The van der Waals surface area contributed by atoms with E-state index in [1.54, 1.807) is 31.4 Å². The summed E-state index contributed by atoms with van der Waals surface area (Å²) in [4.78, 5) is 34.2. The maximum Gasteiger partial charge on any atom is 0.338 e. The summed E-state index contributed by atoms with van der Waals surface area (Å²) in [7, 11) is 0. The Morgan fingerprint density at radius 2 is 1.86 bits per heavy atom. The van der Waals surface area contributed by atoms with E-state index in [1.807, 2.05) is 43.3 Å². The Kier molecular flexibility index (Phi) is 8.02. The first kappa shape index (κ1) is 26.5. The Labute approximate surface area is 220 Å². The molecule has 3 heterocycles. The Morgan fingerprint density at radius 3 is 2.49 bits per heavy atom. The molecule has 9 heteroatoms. The van der Waals surface area contributed by atoms with Crippen molar-refractivity contribution in [3.63, 3.8) is 0 Å². The summed E-state index contributed by atoms with van der Waals surface area (Å²) in [5.41, 5.74) is 1.39. The lowest BCUT2D eigenvalue weighted by Crippen LogP contribution is -2.40. The molecule has 1 atom stereocenters. The van der Waals surface area contributed by atoms with Crippen molar-refractivity contribution in [3.8, 4) is 5.75 Å². The third kappa shape index (κ3) is 5.41. The molecule has 8 nitrogen and oxygen atoms in total. The number of thiazole rings is 1. The van der Waals surface area contributed by atoms with Gasteiger partial charge in [-0.15, -0.1) is 0 Å². The molecule has 1 aliphatic rings. The molecular weight excluding hydrogens is 490 g/mol. The van der Waals surface area contributed by atoms with Gasteiger partial charge in [-0.3, -0.25) is 9.36 Å². The van der Waals surface area contributed by atoms with E-state index in [2.05, 4.69) is 23.7 Å². The summed E-state index contributed by atoms with van der Waals surface area (Å²) in [6, 6.07) is 10.5. The molecule has 0 saturated heterocycles. The Morgan fingerprint density at radius 1 is 1.16 bits per heavy atom. The molecule has 0 saturated carbocycles. The van der Waals surface area contributed by atoms with Gasteiger partial charge in [-0.25, -0.2) is 9.79 Å². The summed E-state index contributed by atoms with van der Waals surface area (Å²) in [5, 5.41) is 0. The number of esters is 1. The van der Waals surface area contributed by atoms with E-state index >= 15 is 0 Å². The normalized spacial score (nSPS) is 15.5. The number of fused-ring (bicyclic) bond motifs is 1. The fraction of sp³-hybridized carbons (Fsp3) is 0.393. The average molecular weight is 524 g/mol. The van der Waals surface area contributed by atoms with Gasteiger partial charge in [0.15, 0.2) is 10.7 Å². The minimum Gasteiger partial charge on any atom is -0.494 e. The summed E-state index contributed by atoms with van der Waals surface area (Å²) in [6.45, 7) is 13.6. The van der Waals surface area contributed by atoms with Gasteiger partial charge in [0.2, 0.25) is 0 Å². The topological polar surface area (TPSA) is 86.3 Å². The van der Waals surface area contributed by atoms with Crippen LogP contribution in [0.25, 0.3) is 6.08 Å². The van der Waals surface area contributed by atoms with Crippen LogP contribution in [0.2, 0.25) is 0 Å². The highest BCUT2D eigenvalue weighted by Crippen LogP contribution is 2.32. The second kappa shape index (κ2) is 11.2. The first-order valence-corrected chi connectivity index (χ1v) is 13.4. The summed E-state index contributed by atoms with van der Waals surface area (Å²) in [5.74, 6) is 1.57. The van der Waals surface area contributed by atoms with Gasteiger partial charge in [-0.2, -0.15) is 0 Å². The van der Waals surface area contributed by atoms with Gasteiger partial charge in [0.05, 0.1) is 34.6 Å². The number of benzene rings is 1. The number of carbonyl (C=O) groups is 1. The van der Waals surface area contributed by atoms with Crippen LogP contribution < -0.4 is 24.5 Å². The average Bonchev–Trinajstić information content (AvgIpc) is 3.44. The van der Waals surface area contributed by atoms with Crippen LogP contribution in [0.3, 0.4) is 0 Å². The maximum absolute atomic E-state index is 13.8. The standard InChI is InChI=1S/C28H33N3O5S/c1-7-30(8-2)23-15-14-21(36-23)16-22-26(32)31-25(19-10-12-20(13-11-19)34-9-3)24(27(33)35-17(4)5)18(6)29-28(31)37-22/h10-17,25H,7-9H2,1-6H3/b22-16+/t25-/m1/s1. The number of nitrogens with zero attached hydrogens (tertiary/aromatic N) is 3. The molecule has 196 valence electrons. The van der Waals surface area contributed by atoms with Gasteiger partial charge in [0, 0.05) is 25.2 Å². The molecule has 1 aliphatic heterocycles. The van der Waals surface area contributed by atoms with Crippen LogP contribution in [0.1, 0.15) is 58.9 Å². The van der Waals surface area contributed by atoms with Gasteiger partial charge in [0.25, 0.3) is 5.56 Å². The van der Waals surface area contributed by atoms with Crippen molar-refractivity contribution in [2.45, 2.75) is 53.7 Å². The van der Waals surface area contributed by atoms with Crippen LogP contribution in [-0.2, 0) is 9.53 Å². The van der Waals surface area contributed by atoms with Crippen LogP contribution in [0.5, 0.6) is 5.75 Å². The zero-order valence-electron chi connectivity index (χ0n) is 22.1. The molecule has 1 aromatic carbocycles. The largest absolute Gasteiger partial charge is 0.494 e. The highest BCUT2D eigenvalue weighted by Gasteiger charge is 2.33.